The van der Waals surface area contributed by atoms with Gasteiger partial charge in [-0.2, -0.15) is 0 Å². The molecule has 4 nitrogen and oxygen atoms in total. The molecule has 1 saturated heterocycles. The van der Waals surface area contributed by atoms with Gasteiger partial charge in [0.2, 0.25) is 0 Å². The lowest BCUT2D eigenvalue weighted by molar-refractivity contribution is 0.0335. The number of benzene rings is 1. The van der Waals surface area contributed by atoms with E-state index in [4.69, 9.17) is 4.74 Å². The van der Waals surface area contributed by atoms with E-state index in [0.29, 0.717) is 13.2 Å². The summed E-state index contributed by atoms with van der Waals surface area (Å²) in [4.78, 5) is 2.19. The highest BCUT2D eigenvalue weighted by molar-refractivity contribution is 5.44. The fourth-order valence-electron chi connectivity index (χ4n) is 2.78. The summed E-state index contributed by atoms with van der Waals surface area (Å²) in [6.07, 6.45) is 0.916. The number of β-amino-alcohol motifs (C(OH)–C–C–N with tert-alkyl or cyclic N) is 1. The van der Waals surface area contributed by atoms with E-state index < -0.39 is 6.10 Å². The normalized spacial score (nSPS) is 18.7. The van der Waals surface area contributed by atoms with E-state index in [1.807, 2.05) is 6.92 Å². The van der Waals surface area contributed by atoms with E-state index in [-0.39, 0.29) is 6.10 Å². The van der Waals surface area contributed by atoms with Crippen molar-refractivity contribution in [3.8, 4) is 5.75 Å². The Kier molecular flexibility index (Phi) is 5.62. The Hall–Kier alpha value is -1.10. The summed E-state index contributed by atoms with van der Waals surface area (Å²) in [6.45, 7) is 8.76. The van der Waals surface area contributed by atoms with Gasteiger partial charge in [0.1, 0.15) is 18.5 Å². The largest absolute Gasteiger partial charge is 0.490 e. The maximum Gasteiger partial charge on any atom is 0.125 e. The third kappa shape index (κ3) is 4.43. The van der Waals surface area contributed by atoms with E-state index >= 15 is 0 Å². The zero-order valence-corrected chi connectivity index (χ0v) is 13.3. The van der Waals surface area contributed by atoms with E-state index in [1.165, 1.54) is 5.56 Å². The Morgan fingerprint density at radius 3 is 2.48 bits per heavy atom. The minimum Gasteiger partial charge on any atom is -0.490 e. The number of piperidine rings is 1. The highest BCUT2D eigenvalue weighted by Gasteiger charge is 2.19. The summed E-state index contributed by atoms with van der Waals surface area (Å²) in [6, 6.07) is 4.14. The van der Waals surface area contributed by atoms with Crippen LogP contribution < -0.4 is 4.74 Å². The molecule has 0 saturated carbocycles. The van der Waals surface area contributed by atoms with Crippen LogP contribution in [0.1, 0.15) is 29.5 Å². The van der Waals surface area contributed by atoms with Gasteiger partial charge in [0.25, 0.3) is 0 Å². The second kappa shape index (κ2) is 7.25. The third-order valence-corrected chi connectivity index (χ3v) is 4.32. The highest BCUT2D eigenvalue weighted by Crippen LogP contribution is 2.25. The number of hydrogen-bond acceptors (Lipinski definition) is 4. The predicted molar refractivity (Wildman–Crippen MR) is 83.8 cm³/mol. The summed E-state index contributed by atoms with van der Waals surface area (Å²) >= 11 is 0. The van der Waals surface area contributed by atoms with Gasteiger partial charge in [-0.3, -0.25) is 0 Å². The van der Waals surface area contributed by atoms with Crippen molar-refractivity contribution in [2.75, 3.05) is 26.2 Å². The van der Waals surface area contributed by atoms with Crippen LogP contribution in [-0.4, -0.2) is 53.6 Å². The second-order valence-corrected chi connectivity index (χ2v) is 6.15. The SMILES string of the molecule is Cc1ccc(C)c(OCC(O)CN2CCC(O)CC2)c1C. The van der Waals surface area contributed by atoms with Gasteiger partial charge >= 0.3 is 0 Å². The number of aliphatic hydroxyl groups is 2. The summed E-state index contributed by atoms with van der Waals surface area (Å²) in [7, 11) is 0. The molecule has 1 aliphatic rings. The van der Waals surface area contributed by atoms with Crippen molar-refractivity contribution < 1.29 is 14.9 Å². The maximum atomic E-state index is 10.2. The van der Waals surface area contributed by atoms with Crippen molar-refractivity contribution in [3.63, 3.8) is 0 Å². The number of rotatable bonds is 5. The maximum absolute atomic E-state index is 10.2. The molecule has 2 rings (SSSR count). The van der Waals surface area contributed by atoms with Gasteiger partial charge in [-0.1, -0.05) is 12.1 Å². The topological polar surface area (TPSA) is 52.9 Å². The van der Waals surface area contributed by atoms with Gasteiger partial charge in [0.05, 0.1) is 6.10 Å². The van der Waals surface area contributed by atoms with E-state index in [2.05, 4.69) is 30.9 Å². The Morgan fingerprint density at radius 1 is 1.19 bits per heavy atom. The van der Waals surface area contributed by atoms with Gasteiger partial charge in [0.15, 0.2) is 0 Å². The molecule has 0 aliphatic carbocycles. The van der Waals surface area contributed by atoms with Crippen LogP contribution in [0.25, 0.3) is 0 Å². The fraction of sp³-hybridized carbons (Fsp3) is 0.647. The molecule has 118 valence electrons. The van der Waals surface area contributed by atoms with Gasteiger partial charge in [0, 0.05) is 19.6 Å². The first kappa shape index (κ1) is 16.3. The van der Waals surface area contributed by atoms with Crippen molar-refractivity contribution in [1.29, 1.82) is 0 Å². The number of likely N-dealkylation sites (tertiary alicyclic amines) is 1. The number of ether oxygens (including phenoxy) is 1. The molecule has 1 aromatic carbocycles. The summed E-state index contributed by atoms with van der Waals surface area (Å²) in [5.41, 5.74) is 3.45. The molecular formula is C17H27NO3. The van der Waals surface area contributed by atoms with E-state index in [9.17, 15) is 10.2 Å². The van der Waals surface area contributed by atoms with Crippen molar-refractivity contribution in [1.82, 2.24) is 4.90 Å². The van der Waals surface area contributed by atoms with Crippen LogP contribution >= 0.6 is 0 Å². The lowest BCUT2D eigenvalue weighted by Gasteiger charge is -2.31. The van der Waals surface area contributed by atoms with Crippen molar-refractivity contribution >= 4 is 0 Å². The Bertz CT molecular complexity index is 467. The summed E-state index contributed by atoms with van der Waals surface area (Å²) in [5, 5.41) is 19.6. The van der Waals surface area contributed by atoms with Crippen molar-refractivity contribution in [2.24, 2.45) is 0 Å². The molecule has 0 spiro atoms. The Balaban J connectivity index is 1.84. The quantitative estimate of drug-likeness (QED) is 0.869. The molecule has 0 radical (unpaired) electrons. The van der Waals surface area contributed by atoms with Gasteiger partial charge < -0.3 is 19.8 Å². The first-order valence-electron chi connectivity index (χ1n) is 7.75. The predicted octanol–water partition coefficient (Wildman–Crippen LogP) is 1.81. The minimum atomic E-state index is -0.500. The molecule has 4 heteroatoms. The molecule has 2 N–H and O–H groups in total. The standard InChI is InChI=1S/C17H27NO3/c1-12-4-5-13(2)17(14(12)3)21-11-16(20)10-18-8-6-15(19)7-9-18/h4-5,15-16,19-20H,6-11H2,1-3H3. The highest BCUT2D eigenvalue weighted by atomic mass is 16.5. The van der Waals surface area contributed by atoms with Crippen molar-refractivity contribution in [2.45, 2.75) is 45.8 Å². The van der Waals surface area contributed by atoms with Crippen LogP contribution in [0, 0.1) is 20.8 Å². The smallest absolute Gasteiger partial charge is 0.125 e. The molecule has 1 aliphatic heterocycles. The lowest BCUT2D eigenvalue weighted by Crippen LogP contribution is -2.41. The van der Waals surface area contributed by atoms with Crippen LogP contribution in [0.15, 0.2) is 12.1 Å². The zero-order chi connectivity index (χ0) is 15.4. The Labute approximate surface area is 127 Å². The average molecular weight is 293 g/mol. The van der Waals surface area contributed by atoms with Crippen LogP contribution in [0.5, 0.6) is 5.75 Å². The second-order valence-electron chi connectivity index (χ2n) is 6.15. The zero-order valence-electron chi connectivity index (χ0n) is 13.3. The molecule has 1 atom stereocenters. The minimum absolute atomic E-state index is 0.174. The number of aliphatic hydroxyl groups excluding tert-OH is 2. The molecule has 1 aromatic rings. The van der Waals surface area contributed by atoms with Crippen LogP contribution in [0.2, 0.25) is 0 Å². The monoisotopic (exact) mass is 293 g/mol. The number of hydrogen-bond donors (Lipinski definition) is 2. The van der Waals surface area contributed by atoms with E-state index in [0.717, 1.165) is 42.8 Å². The molecule has 21 heavy (non-hydrogen) atoms. The Morgan fingerprint density at radius 2 is 1.81 bits per heavy atom. The molecule has 0 bridgehead atoms. The van der Waals surface area contributed by atoms with Gasteiger partial charge in [-0.25, -0.2) is 0 Å². The molecule has 0 amide bonds. The van der Waals surface area contributed by atoms with Crippen LogP contribution in [0.4, 0.5) is 0 Å². The van der Waals surface area contributed by atoms with Crippen LogP contribution in [0.3, 0.4) is 0 Å². The van der Waals surface area contributed by atoms with Crippen molar-refractivity contribution in [3.05, 3.63) is 28.8 Å². The summed E-state index contributed by atoms with van der Waals surface area (Å²) < 4.78 is 5.85. The molecule has 0 aromatic heterocycles. The van der Waals surface area contributed by atoms with Gasteiger partial charge in [-0.15, -0.1) is 0 Å². The average Bonchev–Trinajstić information content (AvgIpc) is 2.45. The van der Waals surface area contributed by atoms with Crippen LogP contribution in [-0.2, 0) is 0 Å². The molecule has 1 unspecified atom stereocenters. The molecule has 1 heterocycles. The summed E-state index contributed by atoms with van der Waals surface area (Å²) in [5.74, 6) is 0.892. The van der Waals surface area contributed by atoms with Gasteiger partial charge in [-0.05, 0) is 50.3 Å². The molecular weight excluding hydrogens is 266 g/mol. The number of aryl methyl sites for hydroxylation is 2. The molecule has 1 fully saturated rings. The third-order valence-electron chi connectivity index (χ3n) is 4.32. The first-order valence-corrected chi connectivity index (χ1v) is 7.75. The first-order chi connectivity index (χ1) is 9.97. The van der Waals surface area contributed by atoms with E-state index in [1.54, 1.807) is 0 Å². The fourth-order valence-corrected chi connectivity index (χ4v) is 2.78. The number of nitrogens with zero attached hydrogens (tertiary/aromatic N) is 1. The lowest BCUT2D eigenvalue weighted by atomic mass is 10.1.